The Morgan fingerprint density at radius 2 is 0.882 bits per heavy atom. The van der Waals surface area contributed by atoms with Crippen molar-refractivity contribution in [1.82, 2.24) is 4.90 Å². The standard InChI is InChI=1S/C7H8F9N/c1-17(2)3-4(5(8,9)10,6(11,12)13)7(14,15)16/h3H2,1-2H3. The van der Waals surface area contributed by atoms with E-state index in [0.29, 0.717) is 14.1 Å². The molecule has 0 spiro atoms. The molecular formula is C7H8F9N. The number of hydrogen-bond donors (Lipinski definition) is 0. The first-order chi connectivity index (χ1) is 7.17. The van der Waals surface area contributed by atoms with Crippen molar-refractivity contribution in [1.29, 1.82) is 0 Å². The average molecular weight is 277 g/mol. The molecule has 0 radical (unpaired) electrons. The fourth-order valence-electron chi connectivity index (χ4n) is 1.23. The molecule has 0 heterocycles. The van der Waals surface area contributed by atoms with Crippen molar-refractivity contribution in [3.8, 4) is 0 Å². The maximum atomic E-state index is 12.3. The van der Waals surface area contributed by atoms with Gasteiger partial charge < -0.3 is 4.90 Å². The minimum atomic E-state index is -6.48. The highest BCUT2D eigenvalue weighted by atomic mass is 19.4. The molecule has 0 aromatic rings. The highest BCUT2D eigenvalue weighted by molar-refractivity contribution is 5.00. The molecule has 0 aromatic carbocycles. The molecule has 0 amide bonds. The molecule has 0 aliphatic heterocycles. The topological polar surface area (TPSA) is 3.24 Å². The van der Waals surface area contributed by atoms with Crippen LogP contribution in [0.15, 0.2) is 0 Å². The smallest absolute Gasteiger partial charge is 0.308 e. The number of nitrogens with zero attached hydrogens (tertiary/aromatic N) is 1. The lowest BCUT2D eigenvalue weighted by molar-refractivity contribution is -0.428. The van der Waals surface area contributed by atoms with Crippen LogP contribution in [0, 0.1) is 5.41 Å². The van der Waals surface area contributed by atoms with E-state index in [0.717, 1.165) is 0 Å². The van der Waals surface area contributed by atoms with Gasteiger partial charge in [-0.15, -0.1) is 0 Å². The van der Waals surface area contributed by atoms with Gasteiger partial charge in [0, 0.05) is 6.54 Å². The average Bonchev–Trinajstić information content (AvgIpc) is 1.91. The molecule has 0 rings (SSSR count). The molecule has 0 N–H and O–H groups in total. The van der Waals surface area contributed by atoms with Crippen LogP contribution in [0.1, 0.15) is 0 Å². The van der Waals surface area contributed by atoms with Gasteiger partial charge in [-0.3, -0.25) is 0 Å². The van der Waals surface area contributed by atoms with E-state index in [-0.39, 0.29) is 4.90 Å². The van der Waals surface area contributed by atoms with Gasteiger partial charge in [0.25, 0.3) is 5.41 Å². The predicted molar refractivity (Wildman–Crippen MR) is 39.2 cm³/mol. The van der Waals surface area contributed by atoms with Crippen LogP contribution in [0.5, 0.6) is 0 Å². The van der Waals surface area contributed by atoms with E-state index in [1.165, 1.54) is 0 Å². The Bertz CT molecular complexity index is 222. The summed E-state index contributed by atoms with van der Waals surface area (Å²) in [6, 6.07) is 0. The van der Waals surface area contributed by atoms with E-state index in [9.17, 15) is 39.5 Å². The SMILES string of the molecule is CN(C)CC(C(F)(F)F)(C(F)(F)F)C(F)(F)F. The van der Waals surface area contributed by atoms with Gasteiger partial charge in [0.05, 0.1) is 0 Å². The van der Waals surface area contributed by atoms with Crippen LogP contribution >= 0.6 is 0 Å². The third kappa shape index (κ3) is 2.78. The maximum absolute atomic E-state index is 12.3. The summed E-state index contributed by atoms with van der Waals surface area (Å²) in [5, 5.41) is 0. The zero-order valence-corrected chi connectivity index (χ0v) is 8.56. The van der Waals surface area contributed by atoms with Gasteiger partial charge in [-0.05, 0) is 14.1 Å². The summed E-state index contributed by atoms with van der Waals surface area (Å²) in [6.07, 6.45) is -19.4. The van der Waals surface area contributed by atoms with Gasteiger partial charge in [-0.1, -0.05) is 0 Å². The van der Waals surface area contributed by atoms with Crippen LogP contribution < -0.4 is 0 Å². The van der Waals surface area contributed by atoms with Crippen LogP contribution in [-0.2, 0) is 0 Å². The highest BCUT2D eigenvalue weighted by Gasteiger charge is 2.83. The predicted octanol–water partition coefficient (Wildman–Crippen LogP) is 3.22. The zero-order chi connectivity index (χ0) is 14.3. The Balaban J connectivity index is 5.93. The molecule has 0 fully saturated rings. The molecule has 0 saturated heterocycles. The number of halogens is 9. The summed E-state index contributed by atoms with van der Waals surface area (Å²) in [6.45, 7) is -2.25. The van der Waals surface area contributed by atoms with Crippen molar-refractivity contribution in [2.75, 3.05) is 20.6 Å². The summed E-state index contributed by atoms with van der Waals surface area (Å²) in [4.78, 5) is 0.189. The van der Waals surface area contributed by atoms with E-state index in [4.69, 9.17) is 0 Å². The Hall–Kier alpha value is -0.670. The molecule has 0 unspecified atom stereocenters. The number of rotatable bonds is 2. The van der Waals surface area contributed by atoms with Gasteiger partial charge >= 0.3 is 18.5 Å². The Labute approximate surface area is 90.2 Å². The van der Waals surface area contributed by atoms with Gasteiger partial charge in [0.1, 0.15) is 0 Å². The van der Waals surface area contributed by atoms with Crippen LogP contribution in [0.3, 0.4) is 0 Å². The van der Waals surface area contributed by atoms with E-state index >= 15 is 0 Å². The molecule has 10 heteroatoms. The lowest BCUT2D eigenvalue weighted by Gasteiger charge is -2.40. The second-order valence-electron chi connectivity index (χ2n) is 3.64. The summed E-state index contributed by atoms with van der Waals surface area (Å²) in [5.41, 5.74) is -5.74. The maximum Gasteiger partial charge on any atom is 0.413 e. The van der Waals surface area contributed by atoms with Crippen LogP contribution in [-0.4, -0.2) is 44.1 Å². The Kier molecular flexibility index (Phi) is 4.05. The zero-order valence-electron chi connectivity index (χ0n) is 8.56. The molecule has 0 saturated carbocycles. The fraction of sp³-hybridized carbons (Fsp3) is 1.00. The molecule has 0 aromatic heterocycles. The van der Waals surface area contributed by atoms with E-state index in [1.54, 1.807) is 0 Å². The summed E-state index contributed by atoms with van der Waals surface area (Å²) in [7, 11) is 1.38. The molecular weight excluding hydrogens is 269 g/mol. The fourth-order valence-corrected chi connectivity index (χ4v) is 1.23. The summed E-state index contributed by atoms with van der Waals surface area (Å²) in [5.74, 6) is 0. The highest BCUT2D eigenvalue weighted by Crippen LogP contribution is 2.59. The van der Waals surface area contributed by atoms with Gasteiger partial charge in [0.15, 0.2) is 0 Å². The molecule has 0 atom stereocenters. The summed E-state index contributed by atoms with van der Waals surface area (Å²) < 4.78 is 110. The minimum Gasteiger partial charge on any atom is -0.308 e. The second-order valence-corrected chi connectivity index (χ2v) is 3.64. The van der Waals surface area contributed by atoms with Crippen molar-refractivity contribution in [3.05, 3.63) is 0 Å². The van der Waals surface area contributed by atoms with E-state index < -0.39 is 30.5 Å². The number of alkyl halides is 9. The first-order valence-electron chi connectivity index (χ1n) is 4.02. The van der Waals surface area contributed by atoms with E-state index in [2.05, 4.69) is 0 Å². The Morgan fingerprint density at radius 1 is 0.647 bits per heavy atom. The lowest BCUT2D eigenvalue weighted by atomic mass is 9.84. The van der Waals surface area contributed by atoms with E-state index in [1.807, 2.05) is 0 Å². The molecule has 17 heavy (non-hydrogen) atoms. The molecule has 0 aliphatic carbocycles. The van der Waals surface area contributed by atoms with Crippen molar-refractivity contribution in [3.63, 3.8) is 0 Å². The molecule has 104 valence electrons. The van der Waals surface area contributed by atoms with Crippen molar-refractivity contribution in [2.24, 2.45) is 5.41 Å². The summed E-state index contributed by atoms with van der Waals surface area (Å²) >= 11 is 0. The normalized spacial score (nSPS) is 15.5. The lowest BCUT2D eigenvalue weighted by Crippen LogP contribution is -2.63. The molecule has 0 bridgehead atoms. The monoisotopic (exact) mass is 277 g/mol. The number of hydrogen-bond acceptors (Lipinski definition) is 1. The minimum absolute atomic E-state index is 0.189. The van der Waals surface area contributed by atoms with Crippen LogP contribution in [0.4, 0.5) is 39.5 Å². The third-order valence-electron chi connectivity index (χ3n) is 2.01. The van der Waals surface area contributed by atoms with Crippen LogP contribution in [0.2, 0.25) is 0 Å². The van der Waals surface area contributed by atoms with Crippen LogP contribution in [0.25, 0.3) is 0 Å². The van der Waals surface area contributed by atoms with Gasteiger partial charge in [-0.2, -0.15) is 39.5 Å². The third-order valence-corrected chi connectivity index (χ3v) is 2.01. The second kappa shape index (κ2) is 4.21. The van der Waals surface area contributed by atoms with Crippen molar-refractivity contribution in [2.45, 2.75) is 18.5 Å². The van der Waals surface area contributed by atoms with Crippen molar-refractivity contribution >= 4 is 0 Å². The Morgan fingerprint density at radius 3 is 0.941 bits per heavy atom. The van der Waals surface area contributed by atoms with Crippen molar-refractivity contribution < 1.29 is 39.5 Å². The quantitative estimate of drug-likeness (QED) is 0.700. The largest absolute Gasteiger partial charge is 0.413 e. The molecule has 0 aliphatic rings. The van der Waals surface area contributed by atoms with Gasteiger partial charge in [0.2, 0.25) is 0 Å². The first-order valence-corrected chi connectivity index (χ1v) is 4.02. The van der Waals surface area contributed by atoms with Gasteiger partial charge in [-0.25, -0.2) is 0 Å². The first kappa shape index (κ1) is 16.3. The molecule has 1 nitrogen and oxygen atoms in total.